The van der Waals surface area contributed by atoms with Gasteiger partial charge in [-0.2, -0.15) is 4.98 Å². The fourth-order valence-corrected chi connectivity index (χ4v) is 3.69. The van der Waals surface area contributed by atoms with Crippen molar-refractivity contribution in [2.45, 2.75) is 45.2 Å². The second-order valence-electron chi connectivity index (χ2n) is 7.61. The van der Waals surface area contributed by atoms with E-state index in [1.54, 1.807) is 0 Å². The minimum Gasteiger partial charge on any atom is -0.481 e. The Hall–Kier alpha value is -2.99. The molecule has 0 amide bonds. The summed E-state index contributed by atoms with van der Waals surface area (Å²) in [4.78, 5) is 15.6. The van der Waals surface area contributed by atoms with E-state index in [2.05, 4.69) is 34.5 Å². The lowest BCUT2D eigenvalue weighted by Crippen LogP contribution is -2.43. The molecule has 150 valence electrons. The largest absolute Gasteiger partial charge is 0.481 e. The number of aryl methyl sites for hydroxylation is 1. The highest BCUT2D eigenvalue weighted by Gasteiger charge is 2.34. The molecule has 1 fully saturated rings. The second-order valence-corrected chi connectivity index (χ2v) is 7.61. The molecule has 0 unspecified atom stereocenters. The molecule has 1 aliphatic rings. The number of carbonyl (C=O) groups is 1. The van der Waals surface area contributed by atoms with Crippen molar-refractivity contribution < 1.29 is 14.4 Å². The predicted octanol–water partition coefficient (Wildman–Crippen LogP) is 4.31. The zero-order chi connectivity index (χ0) is 20.2. The lowest BCUT2D eigenvalue weighted by molar-refractivity contribution is -0.145. The van der Waals surface area contributed by atoms with Crippen molar-refractivity contribution in [3.05, 3.63) is 59.7 Å². The van der Waals surface area contributed by atoms with Gasteiger partial charge in [-0.15, -0.1) is 0 Å². The van der Waals surface area contributed by atoms with E-state index < -0.39 is 5.97 Å². The lowest BCUT2D eigenvalue weighted by atomic mass is 9.80. The molecule has 0 saturated heterocycles. The van der Waals surface area contributed by atoms with E-state index in [-0.39, 0.29) is 12.0 Å². The van der Waals surface area contributed by atoms with Gasteiger partial charge >= 0.3 is 5.97 Å². The molecule has 0 bridgehead atoms. The summed E-state index contributed by atoms with van der Waals surface area (Å²) in [6.07, 6.45) is 3.53. The monoisotopic (exact) mass is 391 g/mol. The maximum atomic E-state index is 11.0. The fourth-order valence-electron chi connectivity index (χ4n) is 3.69. The van der Waals surface area contributed by atoms with Crippen LogP contribution in [0, 0.1) is 5.92 Å². The highest BCUT2D eigenvalue weighted by molar-refractivity contribution is 5.71. The number of aliphatic carboxylic acids is 1. The molecule has 0 atom stereocenters. The number of nitrogens with zero attached hydrogens (tertiary/aromatic N) is 2. The highest BCUT2D eigenvalue weighted by atomic mass is 16.5. The molecule has 29 heavy (non-hydrogen) atoms. The lowest BCUT2D eigenvalue weighted by Gasteiger charge is -2.33. The van der Waals surface area contributed by atoms with Gasteiger partial charge in [0.2, 0.25) is 5.82 Å². The van der Waals surface area contributed by atoms with Crippen molar-refractivity contribution in [2.75, 3.05) is 0 Å². The Morgan fingerprint density at radius 1 is 1.17 bits per heavy atom. The topological polar surface area (TPSA) is 88.2 Å². The van der Waals surface area contributed by atoms with Gasteiger partial charge in [-0.05, 0) is 42.5 Å². The van der Waals surface area contributed by atoms with Crippen LogP contribution in [0.5, 0.6) is 0 Å². The molecule has 6 nitrogen and oxygen atoms in total. The number of benzene rings is 2. The van der Waals surface area contributed by atoms with Crippen molar-refractivity contribution in [1.29, 1.82) is 0 Å². The summed E-state index contributed by atoms with van der Waals surface area (Å²) >= 11 is 0. The molecule has 3 aromatic rings. The molecule has 4 rings (SSSR count). The minimum absolute atomic E-state index is 0.216. The third kappa shape index (κ3) is 4.38. The van der Waals surface area contributed by atoms with E-state index in [9.17, 15) is 4.79 Å². The van der Waals surface area contributed by atoms with E-state index in [1.165, 1.54) is 5.56 Å². The van der Waals surface area contributed by atoms with Crippen molar-refractivity contribution in [2.24, 2.45) is 5.92 Å². The molecule has 1 aliphatic carbocycles. The first-order valence-corrected chi connectivity index (χ1v) is 10.1. The minimum atomic E-state index is -0.703. The summed E-state index contributed by atoms with van der Waals surface area (Å²) in [5.41, 5.74) is 4.20. The van der Waals surface area contributed by atoms with Crippen molar-refractivity contribution in [3.8, 4) is 22.8 Å². The Kier molecular flexibility index (Phi) is 5.71. The molecule has 1 aromatic heterocycles. The molecule has 2 N–H and O–H groups in total. The highest BCUT2D eigenvalue weighted by Crippen LogP contribution is 2.29. The van der Waals surface area contributed by atoms with Gasteiger partial charge < -0.3 is 14.9 Å². The van der Waals surface area contributed by atoms with Gasteiger partial charge in [0.25, 0.3) is 5.89 Å². The summed E-state index contributed by atoms with van der Waals surface area (Å²) in [7, 11) is 0. The summed E-state index contributed by atoms with van der Waals surface area (Å²) in [5, 5.41) is 16.6. The van der Waals surface area contributed by atoms with Gasteiger partial charge in [0.15, 0.2) is 0 Å². The number of carboxylic acid groups (broad SMARTS) is 1. The zero-order valence-electron chi connectivity index (χ0n) is 16.5. The third-order valence-electron chi connectivity index (χ3n) is 5.49. The number of rotatable bonds is 8. The van der Waals surface area contributed by atoms with Gasteiger partial charge in [0.05, 0.1) is 5.92 Å². The van der Waals surface area contributed by atoms with Crippen LogP contribution < -0.4 is 5.32 Å². The quantitative estimate of drug-likeness (QED) is 0.595. The van der Waals surface area contributed by atoms with Gasteiger partial charge in [0, 0.05) is 23.7 Å². The van der Waals surface area contributed by atoms with Crippen LogP contribution in [-0.2, 0) is 17.8 Å². The molecule has 0 radical (unpaired) electrons. The summed E-state index contributed by atoms with van der Waals surface area (Å²) in [6, 6.07) is 16.4. The first kappa shape index (κ1) is 19.3. The van der Waals surface area contributed by atoms with Gasteiger partial charge in [-0.3, -0.25) is 4.79 Å². The number of hydrogen-bond acceptors (Lipinski definition) is 5. The maximum absolute atomic E-state index is 11.0. The standard InChI is InChI=1S/C23H25N3O3/c1-2-5-15-8-10-16(11-9-15)22-25-21(26-29-22)20-7-4-3-6-17(20)14-24-19-12-18(13-19)23(27)28/h3-4,6-11,18-19,24H,2,5,12-14H2,1H3,(H,27,28). The zero-order valence-corrected chi connectivity index (χ0v) is 16.5. The van der Waals surface area contributed by atoms with Crippen LogP contribution >= 0.6 is 0 Å². The Morgan fingerprint density at radius 2 is 1.93 bits per heavy atom. The Balaban J connectivity index is 1.46. The Bertz CT molecular complexity index is 975. The van der Waals surface area contributed by atoms with Crippen LogP contribution in [-0.4, -0.2) is 27.3 Å². The molecule has 1 saturated carbocycles. The SMILES string of the molecule is CCCc1ccc(-c2nc(-c3ccccc3CNC3CC(C(=O)O)C3)no2)cc1. The average Bonchev–Trinajstić information content (AvgIpc) is 3.18. The number of aromatic nitrogens is 2. The summed E-state index contributed by atoms with van der Waals surface area (Å²) < 4.78 is 5.51. The van der Waals surface area contributed by atoms with Crippen molar-refractivity contribution >= 4 is 5.97 Å². The van der Waals surface area contributed by atoms with E-state index in [0.29, 0.717) is 31.1 Å². The Morgan fingerprint density at radius 3 is 2.66 bits per heavy atom. The maximum Gasteiger partial charge on any atom is 0.306 e. The summed E-state index contributed by atoms with van der Waals surface area (Å²) in [5.74, 6) is 0.151. The smallest absolute Gasteiger partial charge is 0.306 e. The number of hydrogen-bond donors (Lipinski definition) is 2. The van der Waals surface area contributed by atoms with Crippen LogP contribution in [0.1, 0.15) is 37.3 Å². The average molecular weight is 391 g/mol. The van der Waals surface area contributed by atoms with E-state index in [4.69, 9.17) is 9.63 Å². The molecule has 2 aromatic carbocycles. The normalized spacial score (nSPS) is 18.4. The molecule has 1 heterocycles. The molecular formula is C23H25N3O3. The second kappa shape index (κ2) is 8.57. The number of carboxylic acids is 1. The molecule has 6 heteroatoms. The number of nitrogens with one attached hydrogen (secondary N) is 1. The molecule has 0 aliphatic heterocycles. The van der Waals surface area contributed by atoms with Gasteiger partial charge in [-0.1, -0.05) is 54.9 Å². The first-order valence-electron chi connectivity index (χ1n) is 10.1. The summed E-state index contributed by atoms with van der Waals surface area (Å²) in [6.45, 7) is 2.81. The predicted molar refractivity (Wildman–Crippen MR) is 110 cm³/mol. The Labute approximate surface area is 170 Å². The first-order chi connectivity index (χ1) is 14.1. The third-order valence-corrected chi connectivity index (χ3v) is 5.49. The van der Waals surface area contributed by atoms with Crippen LogP contribution in [0.4, 0.5) is 0 Å². The van der Waals surface area contributed by atoms with E-state index >= 15 is 0 Å². The van der Waals surface area contributed by atoms with Crippen LogP contribution in [0.2, 0.25) is 0 Å². The van der Waals surface area contributed by atoms with Crippen LogP contribution in [0.15, 0.2) is 53.1 Å². The van der Waals surface area contributed by atoms with Gasteiger partial charge in [0.1, 0.15) is 0 Å². The fraction of sp³-hybridized carbons (Fsp3) is 0.348. The van der Waals surface area contributed by atoms with Crippen molar-refractivity contribution in [1.82, 2.24) is 15.5 Å². The van der Waals surface area contributed by atoms with Crippen LogP contribution in [0.3, 0.4) is 0 Å². The van der Waals surface area contributed by atoms with Crippen molar-refractivity contribution in [3.63, 3.8) is 0 Å². The van der Waals surface area contributed by atoms with Crippen LogP contribution in [0.25, 0.3) is 22.8 Å². The van der Waals surface area contributed by atoms with Gasteiger partial charge in [-0.25, -0.2) is 0 Å². The van der Waals surface area contributed by atoms with E-state index in [1.807, 2.05) is 36.4 Å². The molecule has 0 spiro atoms. The molecular weight excluding hydrogens is 366 g/mol. The van der Waals surface area contributed by atoms with E-state index in [0.717, 1.165) is 29.5 Å².